The second-order valence-corrected chi connectivity index (χ2v) is 6.39. The van der Waals surface area contributed by atoms with Crippen LogP contribution in [0.5, 0.6) is 0 Å². The Morgan fingerprint density at radius 3 is 2.25 bits per heavy atom. The van der Waals surface area contributed by atoms with E-state index in [9.17, 15) is 28.7 Å². The van der Waals surface area contributed by atoms with E-state index in [1.807, 2.05) is 0 Å². The first-order chi connectivity index (χ1) is 13.1. The molecule has 8 nitrogen and oxygen atoms in total. The van der Waals surface area contributed by atoms with Gasteiger partial charge in [0.1, 0.15) is 17.9 Å². The topological polar surface area (TPSA) is 122 Å². The van der Waals surface area contributed by atoms with Crippen molar-refractivity contribution in [1.29, 1.82) is 0 Å². The fraction of sp³-hybridized carbons (Fsp3) is 0.474. The van der Waals surface area contributed by atoms with Gasteiger partial charge in [-0.15, -0.1) is 0 Å². The lowest BCUT2D eigenvalue weighted by Gasteiger charge is -2.24. The third kappa shape index (κ3) is 7.73. The van der Waals surface area contributed by atoms with E-state index in [-0.39, 0.29) is 19.4 Å². The summed E-state index contributed by atoms with van der Waals surface area (Å²) in [5, 5.41) is 14.2. The maximum atomic E-state index is 13.0. The van der Waals surface area contributed by atoms with Gasteiger partial charge >= 0.3 is 11.9 Å². The first-order valence-corrected chi connectivity index (χ1v) is 8.84. The van der Waals surface area contributed by atoms with Gasteiger partial charge in [0.2, 0.25) is 11.8 Å². The summed E-state index contributed by atoms with van der Waals surface area (Å²) < 4.78 is 17.9. The number of esters is 1. The summed E-state index contributed by atoms with van der Waals surface area (Å²) in [4.78, 5) is 47.2. The largest absolute Gasteiger partial charge is 0.480 e. The molecule has 1 aromatic rings. The number of rotatable bonds is 10. The Balaban J connectivity index is 2.89. The predicted octanol–water partition coefficient (Wildman–Crippen LogP) is 1.03. The van der Waals surface area contributed by atoms with Crippen LogP contribution >= 0.6 is 0 Å². The standard InChI is InChI=1S/C19H25FN2O6/c1-4-28-16(24)9-11(2)17(19(26)27)22-18(25)15(21-12(3)23)10-13-5-7-14(20)8-6-13/h5-8,11,15,17H,4,9-10H2,1-3H3,(H,21,23)(H,22,25)(H,26,27)/t11-,15+,17+/m1/s1. The Kier molecular flexibility index (Phi) is 9.07. The van der Waals surface area contributed by atoms with Crippen molar-refractivity contribution in [3.63, 3.8) is 0 Å². The average molecular weight is 396 g/mol. The zero-order valence-electron chi connectivity index (χ0n) is 16.0. The SMILES string of the molecule is CCOC(=O)C[C@@H](C)[C@H](NC(=O)[C@H](Cc1ccc(F)cc1)NC(C)=O)C(=O)O. The number of aliphatic carboxylic acids is 1. The first-order valence-electron chi connectivity index (χ1n) is 8.84. The van der Waals surface area contributed by atoms with Crippen LogP contribution in [0.1, 0.15) is 32.8 Å². The van der Waals surface area contributed by atoms with Crippen LogP contribution in [0.3, 0.4) is 0 Å². The highest BCUT2D eigenvalue weighted by Crippen LogP contribution is 2.12. The Bertz CT molecular complexity index is 707. The summed E-state index contributed by atoms with van der Waals surface area (Å²) in [6.45, 7) is 4.52. The van der Waals surface area contributed by atoms with Crippen LogP contribution < -0.4 is 10.6 Å². The van der Waals surface area contributed by atoms with Crippen molar-refractivity contribution in [2.75, 3.05) is 6.61 Å². The highest BCUT2D eigenvalue weighted by Gasteiger charge is 2.31. The van der Waals surface area contributed by atoms with Gasteiger partial charge in [-0.05, 0) is 30.5 Å². The van der Waals surface area contributed by atoms with Crippen LogP contribution in [-0.4, -0.2) is 47.6 Å². The minimum absolute atomic E-state index is 0.0459. The van der Waals surface area contributed by atoms with Gasteiger partial charge in [-0.25, -0.2) is 9.18 Å². The molecule has 0 bridgehead atoms. The van der Waals surface area contributed by atoms with Crippen molar-refractivity contribution in [3.05, 3.63) is 35.6 Å². The summed E-state index contributed by atoms with van der Waals surface area (Å²) in [5.41, 5.74) is 0.585. The van der Waals surface area contributed by atoms with E-state index >= 15 is 0 Å². The molecule has 0 aliphatic carbocycles. The number of nitrogens with one attached hydrogen (secondary N) is 2. The number of carbonyl (C=O) groups excluding carboxylic acids is 3. The lowest BCUT2D eigenvalue weighted by molar-refractivity contribution is -0.147. The van der Waals surface area contributed by atoms with Crippen LogP contribution in [0.15, 0.2) is 24.3 Å². The average Bonchev–Trinajstić information content (AvgIpc) is 2.60. The Morgan fingerprint density at radius 2 is 1.75 bits per heavy atom. The lowest BCUT2D eigenvalue weighted by Crippen LogP contribution is -2.54. The highest BCUT2D eigenvalue weighted by molar-refractivity contribution is 5.90. The van der Waals surface area contributed by atoms with E-state index in [1.165, 1.54) is 38.1 Å². The molecule has 0 spiro atoms. The van der Waals surface area contributed by atoms with Crippen molar-refractivity contribution in [2.45, 2.75) is 45.7 Å². The predicted molar refractivity (Wildman–Crippen MR) is 97.7 cm³/mol. The number of ether oxygens (including phenoxy) is 1. The van der Waals surface area contributed by atoms with Gasteiger partial charge in [0, 0.05) is 13.3 Å². The molecule has 3 N–H and O–H groups in total. The molecular formula is C19H25FN2O6. The van der Waals surface area contributed by atoms with Gasteiger partial charge in [-0.1, -0.05) is 19.1 Å². The Labute approximate surface area is 162 Å². The van der Waals surface area contributed by atoms with E-state index < -0.39 is 47.6 Å². The summed E-state index contributed by atoms with van der Waals surface area (Å²) >= 11 is 0. The number of hydrogen-bond donors (Lipinski definition) is 3. The van der Waals surface area contributed by atoms with Crippen LogP contribution in [0, 0.1) is 11.7 Å². The van der Waals surface area contributed by atoms with E-state index in [0.717, 1.165) is 0 Å². The lowest BCUT2D eigenvalue weighted by atomic mass is 9.97. The van der Waals surface area contributed by atoms with E-state index in [2.05, 4.69) is 10.6 Å². The van der Waals surface area contributed by atoms with Crippen molar-refractivity contribution >= 4 is 23.8 Å². The molecular weight excluding hydrogens is 371 g/mol. The van der Waals surface area contributed by atoms with Gasteiger partial charge in [-0.3, -0.25) is 14.4 Å². The molecule has 2 amide bonds. The second kappa shape index (κ2) is 11.0. The molecule has 0 aromatic heterocycles. The van der Waals surface area contributed by atoms with E-state index in [0.29, 0.717) is 5.56 Å². The van der Waals surface area contributed by atoms with Crippen molar-refractivity contribution < 1.29 is 33.4 Å². The quantitative estimate of drug-likeness (QED) is 0.508. The molecule has 1 rings (SSSR count). The molecule has 0 saturated carbocycles. The number of carboxylic acids is 1. The monoisotopic (exact) mass is 396 g/mol. The van der Waals surface area contributed by atoms with Crippen molar-refractivity contribution in [1.82, 2.24) is 10.6 Å². The molecule has 28 heavy (non-hydrogen) atoms. The van der Waals surface area contributed by atoms with Crippen LogP contribution in [0.25, 0.3) is 0 Å². The first kappa shape index (κ1) is 23.1. The number of benzene rings is 1. The molecule has 3 atom stereocenters. The van der Waals surface area contributed by atoms with Crippen molar-refractivity contribution in [3.8, 4) is 0 Å². The van der Waals surface area contributed by atoms with Crippen LogP contribution in [0.4, 0.5) is 4.39 Å². The van der Waals surface area contributed by atoms with Gasteiger partial charge < -0.3 is 20.5 Å². The number of hydrogen-bond acceptors (Lipinski definition) is 5. The molecule has 0 aliphatic rings. The van der Waals surface area contributed by atoms with Crippen LogP contribution in [-0.2, 0) is 30.3 Å². The fourth-order valence-electron chi connectivity index (χ4n) is 2.61. The van der Waals surface area contributed by atoms with Crippen molar-refractivity contribution in [2.24, 2.45) is 5.92 Å². The number of halogens is 1. The molecule has 0 fully saturated rings. The maximum Gasteiger partial charge on any atom is 0.326 e. The number of carbonyl (C=O) groups is 4. The van der Waals surface area contributed by atoms with Gasteiger partial charge in [0.15, 0.2) is 0 Å². The van der Waals surface area contributed by atoms with E-state index in [4.69, 9.17) is 4.74 Å². The molecule has 154 valence electrons. The third-order valence-electron chi connectivity index (χ3n) is 3.97. The highest BCUT2D eigenvalue weighted by atomic mass is 19.1. The normalized spacial score (nSPS) is 13.7. The fourth-order valence-corrected chi connectivity index (χ4v) is 2.61. The molecule has 0 heterocycles. The molecule has 0 aliphatic heterocycles. The molecule has 0 unspecified atom stereocenters. The third-order valence-corrected chi connectivity index (χ3v) is 3.97. The number of carboxylic acid groups (broad SMARTS) is 1. The van der Waals surface area contributed by atoms with Crippen LogP contribution in [0.2, 0.25) is 0 Å². The zero-order valence-corrected chi connectivity index (χ0v) is 16.0. The zero-order chi connectivity index (χ0) is 21.3. The summed E-state index contributed by atoms with van der Waals surface area (Å²) in [6, 6.07) is 2.98. The summed E-state index contributed by atoms with van der Waals surface area (Å²) in [7, 11) is 0. The van der Waals surface area contributed by atoms with Gasteiger partial charge in [0.05, 0.1) is 13.0 Å². The molecule has 9 heteroatoms. The second-order valence-electron chi connectivity index (χ2n) is 6.39. The summed E-state index contributed by atoms with van der Waals surface area (Å²) in [6.07, 6.45) is -0.141. The maximum absolute atomic E-state index is 13.0. The van der Waals surface area contributed by atoms with Gasteiger partial charge in [-0.2, -0.15) is 0 Å². The smallest absolute Gasteiger partial charge is 0.326 e. The minimum Gasteiger partial charge on any atom is -0.480 e. The molecule has 0 saturated heterocycles. The van der Waals surface area contributed by atoms with Gasteiger partial charge in [0.25, 0.3) is 0 Å². The Hall–Kier alpha value is -2.97. The molecule has 0 radical (unpaired) electrons. The Morgan fingerprint density at radius 1 is 1.14 bits per heavy atom. The minimum atomic E-state index is -1.35. The summed E-state index contributed by atoms with van der Waals surface area (Å²) in [5.74, 6) is -4.25. The molecule has 1 aromatic carbocycles. The number of amides is 2. The van der Waals surface area contributed by atoms with E-state index in [1.54, 1.807) is 6.92 Å².